The first-order valence-corrected chi connectivity index (χ1v) is 8.34. The summed E-state index contributed by atoms with van der Waals surface area (Å²) in [6.45, 7) is 0.494. The van der Waals surface area contributed by atoms with Crippen molar-refractivity contribution < 1.29 is 13.2 Å². The van der Waals surface area contributed by atoms with E-state index in [1.165, 1.54) is 0 Å². The van der Waals surface area contributed by atoms with Gasteiger partial charge in [-0.2, -0.15) is 8.78 Å². The van der Waals surface area contributed by atoms with Crippen molar-refractivity contribution >= 4 is 49.3 Å². The van der Waals surface area contributed by atoms with E-state index in [0.29, 0.717) is 29.8 Å². The molecular formula is C13H11Br2F2NOS. The highest BCUT2D eigenvalue weighted by Crippen LogP contribution is 2.27. The van der Waals surface area contributed by atoms with Gasteiger partial charge in [-0.05, 0) is 46.3 Å². The molecule has 108 valence electrons. The third kappa shape index (κ3) is 4.79. The molecular weight excluding hydrogens is 416 g/mol. The molecule has 2 rings (SSSR count). The van der Waals surface area contributed by atoms with E-state index in [1.54, 1.807) is 12.1 Å². The lowest BCUT2D eigenvalue weighted by Crippen LogP contribution is -1.98. The molecule has 2 nitrogen and oxygen atoms in total. The lowest BCUT2D eigenvalue weighted by atomic mass is 10.3. The molecule has 0 saturated heterocycles. The minimum Gasteiger partial charge on any atom is -0.463 e. The smallest absolute Gasteiger partial charge is 0.284 e. The number of nitrogens with one attached hydrogen (secondary N) is 1. The molecule has 7 heteroatoms. The number of rotatable bonds is 6. The van der Waals surface area contributed by atoms with Gasteiger partial charge in [0.05, 0.1) is 12.3 Å². The number of halogens is 4. The van der Waals surface area contributed by atoms with Crippen molar-refractivity contribution in [1.29, 1.82) is 0 Å². The molecule has 2 aromatic rings. The zero-order valence-corrected chi connectivity index (χ0v) is 14.2. The fraction of sp³-hybridized carbons (Fsp3) is 0.231. The Kier molecular flexibility index (Phi) is 5.92. The Labute approximate surface area is 136 Å². The van der Waals surface area contributed by atoms with Gasteiger partial charge in [0.15, 0.2) is 0 Å². The van der Waals surface area contributed by atoms with Gasteiger partial charge in [0.2, 0.25) is 0 Å². The van der Waals surface area contributed by atoms with E-state index >= 15 is 0 Å². The van der Waals surface area contributed by atoms with Crippen LogP contribution in [0, 0.1) is 0 Å². The van der Waals surface area contributed by atoms with E-state index in [0.717, 1.165) is 14.6 Å². The summed E-state index contributed by atoms with van der Waals surface area (Å²) in [5.74, 6) is -0.931. The SMILES string of the molecule is FC(F)SCc1ccc(CNc2cc(Br)ccc2Br)o1. The average Bonchev–Trinajstić information content (AvgIpc) is 2.85. The maximum Gasteiger partial charge on any atom is 0.284 e. The number of thioether (sulfide) groups is 1. The number of hydrogen-bond acceptors (Lipinski definition) is 3. The maximum atomic E-state index is 12.1. The highest BCUT2D eigenvalue weighted by Gasteiger charge is 2.08. The third-order valence-corrected chi connectivity index (χ3v) is 4.34. The van der Waals surface area contributed by atoms with Crippen molar-refractivity contribution in [3.8, 4) is 0 Å². The van der Waals surface area contributed by atoms with Gasteiger partial charge < -0.3 is 9.73 Å². The Morgan fingerprint density at radius 2 is 1.90 bits per heavy atom. The molecule has 0 bridgehead atoms. The van der Waals surface area contributed by atoms with Crippen LogP contribution in [0.4, 0.5) is 14.5 Å². The fourth-order valence-electron chi connectivity index (χ4n) is 1.56. The largest absolute Gasteiger partial charge is 0.463 e. The molecule has 20 heavy (non-hydrogen) atoms. The van der Waals surface area contributed by atoms with Crippen molar-refractivity contribution in [2.75, 3.05) is 5.32 Å². The number of hydrogen-bond donors (Lipinski definition) is 1. The van der Waals surface area contributed by atoms with Crippen LogP contribution in [0.15, 0.2) is 43.7 Å². The fourth-order valence-corrected chi connectivity index (χ4v) is 2.75. The van der Waals surface area contributed by atoms with Crippen LogP contribution in [0.2, 0.25) is 0 Å². The summed E-state index contributed by atoms with van der Waals surface area (Å²) in [4.78, 5) is 0. The molecule has 0 fully saturated rings. The van der Waals surface area contributed by atoms with Crippen molar-refractivity contribution in [2.24, 2.45) is 0 Å². The second kappa shape index (κ2) is 7.47. The Morgan fingerprint density at radius 1 is 1.15 bits per heavy atom. The molecule has 1 heterocycles. The first-order chi connectivity index (χ1) is 9.54. The molecule has 0 amide bonds. The molecule has 1 aromatic carbocycles. The van der Waals surface area contributed by atoms with Crippen molar-refractivity contribution in [3.05, 3.63) is 50.8 Å². The van der Waals surface area contributed by atoms with Crippen LogP contribution in [-0.2, 0) is 12.3 Å². The summed E-state index contributed by atoms with van der Waals surface area (Å²) in [5, 5.41) is 3.22. The van der Waals surface area contributed by atoms with Gasteiger partial charge in [-0.3, -0.25) is 0 Å². The Hall–Kier alpha value is -0.530. The van der Waals surface area contributed by atoms with Crippen LogP contribution in [-0.4, -0.2) is 5.76 Å². The Morgan fingerprint density at radius 3 is 2.65 bits per heavy atom. The van der Waals surface area contributed by atoms with Crippen molar-refractivity contribution in [2.45, 2.75) is 18.1 Å². The molecule has 0 aliphatic carbocycles. The van der Waals surface area contributed by atoms with Gasteiger partial charge in [0.25, 0.3) is 5.76 Å². The minimum absolute atomic E-state index is 0.179. The zero-order chi connectivity index (χ0) is 14.5. The predicted octanol–water partition coefficient (Wildman–Crippen LogP) is 5.87. The second-order valence-electron chi connectivity index (χ2n) is 3.92. The number of furan rings is 1. The highest BCUT2D eigenvalue weighted by atomic mass is 79.9. The summed E-state index contributed by atoms with van der Waals surface area (Å²) >= 11 is 7.41. The lowest BCUT2D eigenvalue weighted by Gasteiger charge is -2.07. The second-order valence-corrected chi connectivity index (χ2v) is 6.67. The minimum atomic E-state index is -2.38. The standard InChI is InChI=1S/C13H11Br2F2NOS/c14-8-1-4-11(15)12(5-8)18-6-9-2-3-10(19-9)7-20-13(16)17/h1-5,13,18H,6-7H2. The molecule has 0 aliphatic rings. The predicted molar refractivity (Wildman–Crippen MR) is 85.2 cm³/mol. The summed E-state index contributed by atoms with van der Waals surface area (Å²) in [6, 6.07) is 9.32. The van der Waals surface area contributed by atoms with Gasteiger partial charge in [-0.1, -0.05) is 27.7 Å². The van der Waals surface area contributed by atoms with Crippen LogP contribution >= 0.6 is 43.6 Å². The van der Waals surface area contributed by atoms with E-state index in [1.807, 2.05) is 18.2 Å². The summed E-state index contributed by atoms with van der Waals surface area (Å²) < 4.78 is 31.6. The third-order valence-electron chi connectivity index (χ3n) is 2.45. The molecule has 0 spiro atoms. The Balaban J connectivity index is 1.92. The van der Waals surface area contributed by atoms with E-state index in [9.17, 15) is 8.78 Å². The van der Waals surface area contributed by atoms with E-state index in [2.05, 4.69) is 37.2 Å². The van der Waals surface area contributed by atoms with Crippen molar-refractivity contribution in [1.82, 2.24) is 0 Å². The average molecular weight is 427 g/mol. The zero-order valence-electron chi connectivity index (χ0n) is 10.2. The molecule has 0 saturated carbocycles. The van der Waals surface area contributed by atoms with Crippen LogP contribution < -0.4 is 5.32 Å². The first-order valence-electron chi connectivity index (χ1n) is 5.71. The quantitative estimate of drug-likeness (QED) is 0.624. The lowest BCUT2D eigenvalue weighted by molar-refractivity contribution is 0.251. The summed E-state index contributed by atoms with van der Waals surface area (Å²) in [5.41, 5.74) is 0.930. The topological polar surface area (TPSA) is 25.2 Å². The van der Waals surface area contributed by atoms with Crippen LogP contribution in [0.5, 0.6) is 0 Å². The van der Waals surface area contributed by atoms with Crippen LogP contribution in [0.1, 0.15) is 11.5 Å². The molecule has 0 aliphatic heterocycles. The van der Waals surface area contributed by atoms with E-state index < -0.39 is 5.76 Å². The van der Waals surface area contributed by atoms with E-state index in [4.69, 9.17) is 4.42 Å². The molecule has 1 N–H and O–H groups in total. The monoisotopic (exact) mass is 425 g/mol. The highest BCUT2D eigenvalue weighted by molar-refractivity contribution is 9.11. The van der Waals surface area contributed by atoms with Gasteiger partial charge >= 0.3 is 0 Å². The van der Waals surface area contributed by atoms with Gasteiger partial charge in [-0.25, -0.2) is 0 Å². The normalized spacial score (nSPS) is 11.1. The first kappa shape index (κ1) is 15.9. The Bertz CT molecular complexity index is 577. The van der Waals surface area contributed by atoms with Crippen LogP contribution in [0.3, 0.4) is 0 Å². The molecule has 1 aromatic heterocycles. The van der Waals surface area contributed by atoms with Gasteiger partial charge in [0.1, 0.15) is 11.5 Å². The number of benzene rings is 1. The maximum absolute atomic E-state index is 12.1. The molecule has 0 unspecified atom stereocenters. The number of anilines is 1. The van der Waals surface area contributed by atoms with Crippen molar-refractivity contribution in [3.63, 3.8) is 0 Å². The summed E-state index contributed by atoms with van der Waals surface area (Å²) in [7, 11) is 0. The van der Waals surface area contributed by atoms with Gasteiger partial charge in [-0.15, -0.1) is 0 Å². The van der Waals surface area contributed by atoms with E-state index in [-0.39, 0.29) is 5.75 Å². The summed E-state index contributed by atoms with van der Waals surface area (Å²) in [6.07, 6.45) is 0. The van der Waals surface area contributed by atoms with Crippen LogP contribution in [0.25, 0.3) is 0 Å². The van der Waals surface area contributed by atoms with Gasteiger partial charge in [0, 0.05) is 14.6 Å². The molecule has 0 atom stereocenters. The number of alkyl halides is 2. The molecule has 0 radical (unpaired) electrons.